The number of carbonyl (C=O) groups excluding carboxylic acids is 2. The van der Waals surface area contributed by atoms with Crippen molar-refractivity contribution in [2.45, 2.75) is 33.5 Å². The van der Waals surface area contributed by atoms with E-state index in [1.807, 2.05) is 6.07 Å². The monoisotopic (exact) mass is 492 g/mol. The van der Waals surface area contributed by atoms with Crippen LogP contribution in [0.4, 0.5) is 4.39 Å². The molecule has 7 heteroatoms. The minimum absolute atomic E-state index is 0.179. The van der Waals surface area contributed by atoms with E-state index < -0.39 is 11.8 Å². The van der Waals surface area contributed by atoms with Gasteiger partial charge in [-0.15, -0.1) is 0 Å². The summed E-state index contributed by atoms with van der Waals surface area (Å²) in [6, 6.07) is 15.2. The summed E-state index contributed by atoms with van der Waals surface area (Å²) in [4.78, 5) is 23.7. The standard InChI is InChI=1S/C29H29FO6/c1-6-27(31)36-28-22(16-33-4)13-21(14-23(28)17-34-5)25-12-9-20(15-26(25)30)19-7-10-24(11-8-19)35-29(32)18(2)3/h7-15H,2,6,16-17H2,1,3-5H3. The molecule has 0 aliphatic carbocycles. The van der Waals surface area contributed by atoms with Gasteiger partial charge in [-0.2, -0.15) is 0 Å². The number of ether oxygens (including phenoxy) is 4. The number of rotatable bonds is 10. The largest absolute Gasteiger partial charge is 0.426 e. The maximum absolute atomic E-state index is 15.3. The minimum atomic E-state index is -0.505. The van der Waals surface area contributed by atoms with E-state index in [4.69, 9.17) is 18.9 Å². The normalized spacial score (nSPS) is 10.7. The number of esters is 2. The molecule has 0 radical (unpaired) electrons. The first-order chi connectivity index (χ1) is 17.3. The van der Waals surface area contributed by atoms with Crippen LogP contribution in [0.1, 0.15) is 31.4 Å². The lowest BCUT2D eigenvalue weighted by Crippen LogP contribution is -2.11. The average Bonchev–Trinajstić information content (AvgIpc) is 2.86. The van der Waals surface area contributed by atoms with E-state index in [0.717, 1.165) is 5.56 Å². The van der Waals surface area contributed by atoms with Crippen molar-refractivity contribution in [1.82, 2.24) is 0 Å². The van der Waals surface area contributed by atoms with Gasteiger partial charge < -0.3 is 18.9 Å². The molecule has 0 N–H and O–H groups in total. The van der Waals surface area contributed by atoms with Crippen molar-refractivity contribution in [2.24, 2.45) is 0 Å². The summed E-state index contributed by atoms with van der Waals surface area (Å²) in [6.07, 6.45) is 0.216. The molecular formula is C29H29FO6. The lowest BCUT2D eigenvalue weighted by atomic mass is 9.96. The van der Waals surface area contributed by atoms with E-state index >= 15 is 4.39 Å². The topological polar surface area (TPSA) is 71.1 Å². The summed E-state index contributed by atoms with van der Waals surface area (Å²) in [6.45, 7) is 7.20. The van der Waals surface area contributed by atoms with Crippen LogP contribution in [0.3, 0.4) is 0 Å². The average molecular weight is 493 g/mol. The highest BCUT2D eigenvalue weighted by Crippen LogP contribution is 2.35. The van der Waals surface area contributed by atoms with E-state index in [1.165, 1.54) is 20.3 Å². The molecule has 0 heterocycles. The first-order valence-electron chi connectivity index (χ1n) is 11.4. The molecule has 188 valence electrons. The highest BCUT2D eigenvalue weighted by Gasteiger charge is 2.18. The molecule has 0 bridgehead atoms. The van der Waals surface area contributed by atoms with Crippen LogP contribution in [0.25, 0.3) is 22.3 Å². The first-order valence-corrected chi connectivity index (χ1v) is 11.4. The highest BCUT2D eigenvalue weighted by atomic mass is 19.1. The van der Waals surface area contributed by atoms with Gasteiger partial charge in [-0.05, 0) is 53.9 Å². The lowest BCUT2D eigenvalue weighted by Gasteiger charge is -2.17. The van der Waals surface area contributed by atoms with Crippen LogP contribution in [0.15, 0.2) is 66.7 Å². The Morgan fingerprint density at radius 1 is 0.833 bits per heavy atom. The molecule has 3 aromatic carbocycles. The number of halogens is 1. The Morgan fingerprint density at radius 3 is 1.92 bits per heavy atom. The fourth-order valence-corrected chi connectivity index (χ4v) is 3.59. The number of hydrogen-bond donors (Lipinski definition) is 0. The van der Waals surface area contributed by atoms with E-state index in [1.54, 1.807) is 56.3 Å². The van der Waals surface area contributed by atoms with Crippen molar-refractivity contribution in [2.75, 3.05) is 14.2 Å². The van der Waals surface area contributed by atoms with Crippen LogP contribution in [-0.4, -0.2) is 26.2 Å². The number of benzene rings is 3. The van der Waals surface area contributed by atoms with Crippen molar-refractivity contribution in [3.05, 3.63) is 83.7 Å². The molecule has 0 amide bonds. The van der Waals surface area contributed by atoms with Crippen molar-refractivity contribution >= 4 is 11.9 Å². The highest BCUT2D eigenvalue weighted by molar-refractivity contribution is 5.88. The zero-order valence-corrected chi connectivity index (χ0v) is 20.9. The molecule has 3 rings (SSSR count). The van der Waals surface area contributed by atoms with E-state index in [-0.39, 0.29) is 25.6 Å². The second-order valence-corrected chi connectivity index (χ2v) is 8.21. The van der Waals surface area contributed by atoms with Gasteiger partial charge in [0.05, 0.1) is 13.2 Å². The summed E-state index contributed by atoms with van der Waals surface area (Å²) < 4.78 is 36.7. The van der Waals surface area contributed by atoms with Crippen molar-refractivity contribution in [1.29, 1.82) is 0 Å². The quantitative estimate of drug-likeness (QED) is 0.189. The predicted molar refractivity (Wildman–Crippen MR) is 135 cm³/mol. The van der Waals surface area contributed by atoms with Crippen LogP contribution < -0.4 is 9.47 Å². The molecular weight excluding hydrogens is 463 g/mol. The summed E-state index contributed by atoms with van der Waals surface area (Å²) >= 11 is 0. The molecule has 0 aliphatic rings. The van der Waals surface area contributed by atoms with Crippen LogP contribution >= 0.6 is 0 Å². The minimum Gasteiger partial charge on any atom is -0.426 e. The van der Waals surface area contributed by atoms with Gasteiger partial charge in [-0.3, -0.25) is 4.79 Å². The summed E-state index contributed by atoms with van der Waals surface area (Å²) in [5.74, 6) is -0.555. The molecule has 0 aliphatic heterocycles. The summed E-state index contributed by atoms with van der Waals surface area (Å²) in [5.41, 5.74) is 3.95. The predicted octanol–water partition coefficient (Wildman–Crippen LogP) is 6.25. The molecule has 0 spiro atoms. The molecule has 36 heavy (non-hydrogen) atoms. The van der Waals surface area contributed by atoms with Crippen molar-refractivity contribution in [3.8, 4) is 33.8 Å². The van der Waals surface area contributed by atoms with Gasteiger partial charge >= 0.3 is 11.9 Å². The molecule has 6 nitrogen and oxygen atoms in total. The van der Waals surface area contributed by atoms with E-state index in [2.05, 4.69) is 6.58 Å². The molecule has 0 unspecified atom stereocenters. The molecule has 3 aromatic rings. The maximum atomic E-state index is 15.3. The Labute approximate surface area is 210 Å². The van der Waals surface area contributed by atoms with Crippen LogP contribution in [-0.2, 0) is 32.3 Å². The zero-order chi connectivity index (χ0) is 26.2. The smallest absolute Gasteiger partial charge is 0.338 e. The van der Waals surface area contributed by atoms with Gasteiger partial charge in [0.2, 0.25) is 0 Å². The summed E-state index contributed by atoms with van der Waals surface area (Å²) in [5, 5.41) is 0. The second kappa shape index (κ2) is 12.2. The third-order valence-electron chi connectivity index (χ3n) is 5.37. The lowest BCUT2D eigenvalue weighted by molar-refractivity contribution is -0.134. The number of methoxy groups -OCH3 is 2. The summed E-state index contributed by atoms with van der Waals surface area (Å²) in [7, 11) is 3.07. The molecule has 0 saturated heterocycles. The van der Waals surface area contributed by atoms with E-state index in [0.29, 0.717) is 44.9 Å². The van der Waals surface area contributed by atoms with Gasteiger partial charge in [0, 0.05) is 42.9 Å². The Hall–Kier alpha value is -3.81. The fourth-order valence-electron chi connectivity index (χ4n) is 3.59. The number of hydrogen-bond acceptors (Lipinski definition) is 6. The first kappa shape index (κ1) is 26.8. The van der Waals surface area contributed by atoms with Gasteiger partial charge in [0.1, 0.15) is 17.3 Å². The molecule has 0 aromatic heterocycles. The Balaban J connectivity index is 1.96. The second-order valence-electron chi connectivity index (χ2n) is 8.21. The van der Waals surface area contributed by atoms with Gasteiger partial charge in [0.15, 0.2) is 0 Å². The van der Waals surface area contributed by atoms with Crippen molar-refractivity contribution < 1.29 is 32.9 Å². The van der Waals surface area contributed by atoms with Crippen LogP contribution in [0.2, 0.25) is 0 Å². The van der Waals surface area contributed by atoms with Gasteiger partial charge in [0.25, 0.3) is 0 Å². The van der Waals surface area contributed by atoms with Crippen LogP contribution in [0, 0.1) is 5.82 Å². The molecule has 0 atom stereocenters. The molecule has 0 fully saturated rings. The Bertz CT molecular complexity index is 1240. The van der Waals surface area contributed by atoms with E-state index in [9.17, 15) is 9.59 Å². The SMILES string of the molecule is C=C(C)C(=O)Oc1ccc(-c2ccc(-c3cc(COC)c(OC(=O)CC)c(COC)c3)c(F)c2)cc1. The Morgan fingerprint density at radius 2 is 1.42 bits per heavy atom. The maximum Gasteiger partial charge on any atom is 0.338 e. The van der Waals surface area contributed by atoms with Gasteiger partial charge in [-0.1, -0.05) is 37.8 Å². The molecule has 0 saturated carbocycles. The third-order valence-corrected chi connectivity index (χ3v) is 5.37. The third kappa shape index (κ3) is 6.44. The van der Waals surface area contributed by atoms with Gasteiger partial charge in [-0.25, -0.2) is 9.18 Å². The fraction of sp³-hybridized carbons (Fsp3) is 0.241. The van der Waals surface area contributed by atoms with Crippen molar-refractivity contribution in [3.63, 3.8) is 0 Å². The zero-order valence-electron chi connectivity index (χ0n) is 20.9. The Kier molecular flexibility index (Phi) is 9.11. The van der Waals surface area contributed by atoms with Crippen LogP contribution in [0.5, 0.6) is 11.5 Å². The number of carbonyl (C=O) groups is 2.